The number of thioether (sulfide) groups is 1. The van der Waals surface area contributed by atoms with Crippen LogP contribution in [-0.2, 0) is 12.6 Å². The molecular weight excluding hydrogens is 533 g/mol. The monoisotopic (exact) mass is 567 g/mol. The highest BCUT2D eigenvalue weighted by atomic mass is 32.2. The van der Waals surface area contributed by atoms with Gasteiger partial charge in [0.2, 0.25) is 0 Å². The fraction of sp³-hybridized carbons (Fsp3) is 0.448. The molecule has 2 heterocycles. The molecule has 10 heteroatoms. The van der Waals surface area contributed by atoms with Crippen molar-refractivity contribution in [1.82, 2.24) is 14.7 Å². The minimum absolute atomic E-state index is 0.0908. The summed E-state index contributed by atoms with van der Waals surface area (Å²) >= 11 is 1.56. The van der Waals surface area contributed by atoms with Gasteiger partial charge in [-0.3, -0.25) is 0 Å². The van der Waals surface area contributed by atoms with Crippen LogP contribution in [0.4, 0.5) is 22.0 Å². The van der Waals surface area contributed by atoms with Crippen LogP contribution in [0.5, 0.6) is 5.75 Å². The predicted molar refractivity (Wildman–Crippen MR) is 147 cm³/mol. The van der Waals surface area contributed by atoms with Crippen LogP contribution in [0, 0.1) is 11.6 Å². The summed E-state index contributed by atoms with van der Waals surface area (Å²) in [5.41, 5.74) is 0.914. The van der Waals surface area contributed by atoms with Gasteiger partial charge < -0.3 is 19.4 Å². The first-order chi connectivity index (χ1) is 18.4. The van der Waals surface area contributed by atoms with Gasteiger partial charge in [-0.25, -0.2) is 8.78 Å². The van der Waals surface area contributed by atoms with Crippen LogP contribution in [-0.4, -0.2) is 80.9 Å². The van der Waals surface area contributed by atoms with Crippen LogP contribution in [0.15, 0.2) is 52.6 Å². The fourth-order valence-electron chi connectivity index (χ4n) is 5.31. The van der Waals surface area contributed by atoms with Crippen molar-refractivity contribution in [1.29, 1.82) is 0 Å². The molecule has 4 nitrogen and oxygen atoms in total. The van der Waals surface area contributed by atoms with Gasteiger partial charge in [-0.15, -0.1) is 11.8 Å². The van der Waals surface area contributed by atoms with Gasteiger partial charge in [0.15, 0.2) is 11.6 Å². The summed E-state index contributed by atoms with van der Waals surface area (Å²) in [5, 5.41) is 0.835. The van der Waals surface area contributed by atoms with Crippen LogP contribution in [0.1, 0.15) is 23.6 Å². The molecule has 0 aromatic heterocycles. The highest BCUT2D eigenvalue weighted by Gasteiger charge is 2.40. The number of ether oxygens (including phenoxy) is 1. The van der Waals surface area contributed by atoms with E-state index in [9.17, 15) is 17.6 Å². The van der Waals surface area contributed by atoms with E-state index in [4.69, 9.17) is 4.74 Å². The minimum atomic E-state index is -4.70. The van der Waals surface area contributed by atoms with Gasteiger partial charge in [0.05, 0.1) is 23.7 Å². The van der Waals surface area contributed by atoms with Crippen LogP contribution >= 0.6 is 11.8 Å². The number of hydrogen-bond acceptors (Lipinski definition) is 5. The van der Waals surface area contributed by atoms with E-state index in [1.165, 1.54) is 7.11 Å². The maximum atomic E-state index is 15.7. The van der Waals surface area contributed by atoms with Crippen LogP contribution in [0.3, 0.4) is 0 Å². The number of allylic oxidation sites excluding steroid dienone is 2. The third kappa shape index (κ3) is 6.12. The summed E-state index contributed by atoms with van der Waals surface area (Å²) in [6.07, 6.45) is -4.94. The van der Waals surface area contributed by atoms with Gasteiger partial charge in [0.25, 0.3) is 0 Å². The van der Waals surface area contributed by atoms with E-state index in [1.54, 1.807) is 30.0 Å². The van der Waals surface area contributed by atoms with Gasteiger partial charge in [0, 0.05) is 49.5 Å². The second-order valence-electron chi connectivity index (χ2n) is 10.2. The standard InChI is InChI=1S/C29H34F5N3OS/c1-18-20(16-21-22(29(32,33)34)9-7-10-23(21)30)28-37(14-15-39-28)24(17-36(4)13-12-35(2)3)26(18)19-8-6-11-25(38-5)27(19)31/h6-11,24H,12-17H2,1-5H3. The molecule has 0 amide bonds. The van der Waals surface area contributed by atoms with E-state index in [-0.39, 0.29) is 18.2 Å². The third-order valence-corrected chi connectivity index (χ3v) is 8.46. The molecule has 0 saturated carbocycles. The highest BCUT2D eigenvalue weighted by Crippen LogP contribution is 2.47. The molecule has 2 aliphatic rings. The molecule has 0 bridgehead atoms. The zero-order chi connectivity index (χ0) is 28.5. The van der Waals surface area contributed by atoms with Crippen LogP contribution in [0.25, 0.3) is 5.57 Å². The Labute approximate surface area is 231 Å². The Morgan fingerprint density at radius 1 is 1.05 bits per heavy atom. The maximum absolute atomic E-state index is 15.7. The van der Waals surface area contributed by atoms with Gasteiger partial charge in [-0.1, -0.05) is 18.2 Å². The van der Waals surface area contributed by atoms with E-state index in [0.717, 1.165) is 42.1 Å². The smallest absolute Gasteiger partial charge is 0.416 e. The number of alkyl halides is 3. The normalized spacial score (nSPS) is 18.1. The van der Waals surface area contributed by atoms with Gasteiger partial charge in [-0.2, -0.15) is 13.2 Å². The number of nitrogens with zero attached hydrogens (tertiary/aromatic N) is 3. The van der Waals surface area contributed by atoms with Gasteiger partial charge >= 0.3 is 6.18 Å². The zero-order valence-corrected chi connectivity index (χ0v) is 23.6. The molecule has 0 radical (unpaired) electrons. The Hall–Kier alpha value is -2.56. The lowest BCUT2D eigenvalue weighted by Crippen LogP contribution is -2.45. The van der Waals surface area contributed by atoms with Crippen molar-refractivity contribution in [3.05, 3.63) is 80.9 Å². The Morgan fingerprint density at radius 2 is 1.77 bits per heavy atom. The largest absolute Gasteiger partial charge is 0.494 e. The summed E-state index contributed by atoms with van der Waals surface area (Å²) in [7, 11) is 7.40. The lowest BCUT2D eigenvalue weighted by molar-refractivity contribution is -0.138. The fourth-order valence-corrected chi connectivity index (χ4v) is 6.57. The molecule has 0 N–H and O–H groups in total. The maximum Gasteiger partial charge on any atom is 0.416 e. The summed E-state index contributed by atoms with van der Waals surface area (Å²) in [6.45, 7) is 4.68. The number of benzene rings is 2. The molecule has 2 aromatic rings. The molecule has 1 fully saturated rings. The molecule has 1 saturated heterocycles. The lowest BCUT2D eigenvalue weighted by Gasteiger charge is -2.41. The molecule has 0 spiro atoms. The Morgan fingerprint density at radius 3 is 2.44 bits per heavy atom. The van der Waals surface area contributed by atoms with Crippen LogP contribution in [0.2, 0.25) is 0 Å². The summed E-state index contributed by atoms with van der Waals surface area (Å²) < 4.78 is 77.6. The van der Waals surface area contributed by atoms with E-state index in [2.05, 4.69) is 14.7 Å². The zero-order valence-electron chi connectivity index (χ0n) is 22.8. The van der Waals surface area contributed by atoms with Crippen molar-refractivity contribution in [2.45, 2.75) is 25.6 Å². The number of likely N-dealkylation sites (N-methyl/N-ethyl adjacent to an activating group) is 2. The Kier molecular flexibility index (Phi) is 8.98. The molecule has 39 heavy (non-hydrogen) atoms. The molecule has 1 unspecified atom stereocenters. The van der Waals surface area contributed by atoms with Gasteiger partial charge in [-0.05, 0) is 63.0 Å². The second-order valence-corrected chi connectivity index (χ2v) is 11.3. The SMILES string of the molecule is COc1cccc(C2=C(C)C(Cc3c(F)cccc3C(F)(F)F)=C3SCCN3C2CN(C)CCN(C)C)c1F. The predicted octanol–water partition coefficient (Wildman–Crippen LogP) is 6.14. The summed E-state index contributed by atoms with van der Waals surface area (Å²) in [4.78, 5) is 6.42. The summed E-state index contributed by atoms with van der Waals surface area (Å²) in [5.74, 6) is -0.596. The van der Waals surface area contributed by atoms with E-state index >= 15 is 4.39 Å². The molecule has 2 aromatic carbocycles. The molecule has 4 rings (SSSR count). The first-order valence-electron chi connectivity index (χ1n) is 12.8. The topological polar surface area (TPSA) is 19.0 Å². The number of hydrogen-bond donors (Lipinski definition) is 0. The number of rotatable bonds is 9. The van der Waals surface area contributed by atoms with Crippen molar-refractivity contribution < 1.29 is 26.7 Å². The first kappa shape index (κ1) is 29.4. The molecular formula is C29H34F5N3OS. The number of methoxy groups -OCH3 is 1. The average molecular weight is 568 g/mol. The third-order valence-electron chi connectivity index (χ3n) is 7.32. The highest BCUT2D eigenvalue weighted by molar-refractivity contribution is 8.03. The molecule has 212 valence electrons. The van der Waals surface area contributed by atoms with Crippen molar-refractivity contribution >= 4 is 17.3 Å². The number of halogens is 5. The van der Waals surface area contributed by atoms with Crippen molar-refractivity contribution in [2.75, 3.05) is 60.2 Å². The minimum Gasteiger partial charge on any atom is -0.494 e. The van der Waals surface area contributed by atoms with Crippen molar-refractivity contribution in [3.63, 3.8) is 0 Å². The van der Waals surface area contributed by atoms with Gasteiger partial charge in [0.1, 0.15) is 5.82 Å². The first-order valence-corrected chi connectivity index (χ1v) is 13.8. The number of fused-ring (bicyclic) bond motifs is 1. The Balaban J connectivity index is 1.87. The second kappa shape index (κ2) is 11.9. The average Bonchev–Trinajstić information content (AvgIpc) is 3.36. The lowest BCUT2D eigenvalue weighted by atomic mass is 9.83. The van der Waals surface area contributed by atoms with E-state index in [0.29, 0.717) is 35.4 Å². The molecule has 2 aliphatic heterocycles. The van der Waals surface area contributed by atoms with Crippen molar-refractivity contribution in [3.8, 4) is 5.75 Å². The van der Waals surface area contributed by atoms with Crippen molar-refractivity contribution in [2.24, 2.45) is 0 Å². The van der Waals surface area contributed by atoms with Crippen LogP contribution < -0.4 is 4.74 Å². The molecule has 0 aliphatic carbocycles. The van der Waals surface area contributed by atoms with E-state index < -0.39 is 28.9 Å². The van der Waals surface area contributed by atoms with E-state index in [1.807, 2.05) is 28.1 Å². The quantitative estimate of drug-likeness (QED) is 0.338. The Bertz CT molecular complexity index is 1270. The molecule has 1 atom stereocenters. The summed E-state index contributed by atoms with van der Waals surface area (Å²) in [6, 6.07) is 7.74.